The molecule has 0 atom stereocenters. The van der Waals surface area contributed by atoms with E-state index in [-0.39, 0.29) is 12.5 Å². The summed E-state index contributed by atoms with van der Waals surface area (Å²) in [5, 5.41) is 4.01. The second-order valence-electron chi connectivity index (χ2n) is 6.00. The molecule has 0 saturated carbocycles. The molecule has 1 amide bonds. The lowest BCUT2D eigenvalue weighted by atomic mass is 10.2. The molecule has 0 aliphatic carbocycles. The van der Waals surface area contributed by atoms with E-state index >= 15 is 0 Å². The van der Waals surface area contributed by atoms with Crippen LogP contribution in [0.25, 0.3) is 0 Å². The lowest BCUT2D eigenvalue weighted by Crippen LogP contribution is -2.24. The fourth-order valence-electron chi connectivity index (χ4n) is 2.40. The van der Waals surface area contributed by atoms with Gasteiger partial charge in [-0.05, 0) is 42.0 Å². The Kier molecular flexibility index (Phi) is 7.84. The molecule has 148 valence electrons. The van der Waals surface area contributed by atoms with Crippen molar-refractivity contribution >= 4 is 44.0 Å². The Morgan fingerprint density at radius 1 is 0.931 bits per heavy atom. The summed E-state index contributed by atoms with van der Waals surface area (Å²) in [6.45, 7) is 0.305. The molecule has 0 radical (unpaired) electrons. The van der Waals surface area contributed by atoms with Gasteiger partial charge in [-0.1, -0.05) is 68.3 Å². The van der Waals surface area contributed by atoms with Gasteiger partial charge in [0.1, 0.15) is 18.1 Å². The van der Waals surface area contributed by atoms with E-state index in [0.717, 1.165) is 20.1 Å². The predicted molar refractivity (Wildman–Crippen MR) is 120 cm³/mol. The van der Waals surface area contributed by atoms with Crippen molar-refractivity contribution in [3.8, 4) is 11.5 Å². The number of hydrogen-bond donors (Lipinski definition) is 1. The third kappa shape index (κ3) is 7.03. The summed E-state index contributed by atoms with van der Waals surface area (Å²) in [6, 6.07) is 22.8. The van der Waals surface area contributed by atoms with Crippen LogP contribution in [-0.2, 0) is 11.4 Å². The van der Waals surface area contributed by atoms with E-state index in [9.17, 15) is 4.79 Å². The molecule has 3 aromatic carbocycles. The summed E-state index contributed by atoms with van der Waals surface area (Å²) >= 11 is 6.80. The van der Waals surface area contributed by atoms with E-state index in [0.29, 0.717) is 18.1 Å². The average Bonchev–Trinajstić information content (AvgIpc) is 2.72. The summed E-state index contributed by atoms with van der Waals surface area (Å²) in [6.07, 6.45) is 1.54. The van der Waals surface area contributed by atoms with Gasteiger partial charge >= 0.3 is 0 Å². The average molecular weight is 518 g/mol. The molecule has 1 N–H and O–H groups in total. The maximum Gasteiger partial charge on any atom is 0.277 e. The fourth-order valence-corrected chi connectivity index (χ4v) is 3.16. The minimum absolute atomic E-state index is 0.135. The largest absolute Gasteiger partial charge is 0.488 e. The van der Waals surface area contributed by atoms with E-state index in [4.69, 9.17) is 9.47 Å². The highest BCUT2D eigenvalue weighted by Gasteiger charge is 2.05. The molecule has 0 heterocycles. The fraction of sp³-hybridized carbons (Fsp3) is 0.0909. The minimum Gasteiger partial charge on any atom is -0.488 e. The third-order valence-electron chi connectivity index (χ3n) is 3.77. The van der Waals surface area contributed by atoms with Gasteiger partial charge in [0, 0.05) is 14.5 Å². The minimum atomic E-state index is -0.358. The summed E-state index contributed by atoms with van der Waals surface area (Å²) in [5.41, 5.74) is 4.26. The van der Waals surface area contributed by atoms with Gasteiger partial charge in [0.2, 0.25) is 0 Å². The van der Waals surface area contributed by atoms with Crippen LogP contribution >= 0.6 is 31.9 Å². The molecule has 5 nitrogen and oxygen atoms in total. The van der Waals surface area contributed by atoms with E-state index in [1.54, 1.807) is 18.3 Å². The maximum absolute atomic E-state index is 12.0. The monoisotopic (exact) mass is 516 g/mol. The van der Waals surface area contributed by atoms with Crippen molar-refractivity contribution in [2.75, 3.05) is 6.61 Å². The number of ether oxygens (including phenoxy) is 2. The number of hydrazone groups is 1. The van der Waals surface area contributed by atoms with Crippen molar-refractivity contribution < 1.29 is 14.3 Å². The van der Waals surface area contributed by atoms with Crippen molar-refractivity contribution in [3.05, 3.63) is 92.9 Å². The van der Waals surface area contributed by atoms with E-state index in [1.807, 2.05) is 60.7 Å². The van der Waals surface area contributed by atoms with Crippen LogP contribution in [0.15, 0.2) is 86.8 Å². The van der Waals surface area contributed by atoms with Crippen LogP contribution in [0.1, 0.15) is 11.1 Å². The number of amides is 1. The maximum atomic E-state index is 12.0. The summed E-state index contributed by atoms with van der Waals surface area (Å²) in [4.78, 5) is 12.0. The molecule has 3 rings (SSSR count). The molecule has 0 aliphatic rings. The van der Waals surface area contributed by atoms with Crippen molar-refractivity contribution in [2.45, 2.75) is 6.61 Å². The summed E-state index contributed by atoms with van der Waals surface area (Å²) < 4.78 is 13.1. The molecule has 0 saturated heterocycles. The smallest absolute Gasteiger partial charge is 0.277 e. The Morgan fingerprint density at radius 2 is 1.72 bits per heavy atom. The highest BCUT2D eigenvalue weighted by molar-refractivity contribution is 9.10. The number of hydrogen-bond acceptors (Lipinski definition) is 4. The van der Waals surface area contributed by atoms with Gasteiger partial charge in [0.15, 0.2) is 6.61 Å². The topological polar surface area (TPSA) is 59.9 Å². The van der Waals surface area contributed by atoms with Gasteiger partial charge in [-0.3, -0.25) is 4.79 Å². The van der Waals surface area contributed by atoms with Gasteiger partial charge in [-0.15, -0.1) is 0 Å². The van der Waals surface area contributed by atoms with Gasteiger partial charge in [-0.25, -0.2) is 5.43 Å². The first kappa shape index (κ1) is 21.1. The van der Waals surface area contributed by atoms with Gasteiger partial charge in [0.25, 0.3) is 5.91 Å². The van der Waals surface area contributed by atoms with Crippen LogP contribution in [-0.4, -0.2) is 18.7 Å². The molecular formula is C22H18Br2N2O3. The number of carbonyl (C=O) groups is 1. The van der Waals surface area contributed by atoms with Gasteiger partial charge in [0.05, 0.1) is 6.21 Å². The van der Waals surface area contributed by atoms with E-state index in [2.05, 4.69) is 42.4 Å². The lowest BCUT2D eigenvalue weighted by molar-refractivity contribution is -0.123. The molecule has 0 fully saturated rings. The second kappa shape index (κ2) is 10.8. The van der Waals surface area contributed by atoms with Gasteiger partial charge in [-0.2, -0.15) is 5.10 Å². The first-order valence-corrected chi connectivity index (χ1v) is 10.4. The molecule has 0 aromatic heterocycles. The Balaban J connectivity index is 1.56. The summed E-state index contributed by atoms with van der Waals surface area (Å²) in [7, 11) is 0. The second-order valence-corrected chi connectivity index (χ2v) is 7.83. The molecule has 0 unspecified atom stereocenters. The van der Waals surface area contributed by atoms with Crippen LogP contribution in [0.5, 0.6) is 11.5 Å². The highest BCUT2D eigenvalue weighted by Crippen LogP contribution is 2.23. The predicted octanol–water partition coefficient (Wildman–Crippen LogP) is 5.32. The number of nitrogens with zero attached hydrogens (tertiary/aromatic N) is 1. The number of carbonyl (C=O) groups excluding carboxylic acids is 1. The normalized spacial score (nSPS) is 10.7. The van der Waals surface area contributed by atoms with Crippen molar-refractivity contribution in [1.29, 1.82) is 0 Å². The number of benzene rings is 3. The Hall–Kier alpha value is -2.64. The van der Waals surface area contributed by atoms with Gasteiger partial charge < -0.3 is 9.47 Å². The van der Waals surface area contributed by atoms with Crippen molar-refractivity contribution in [1.82, 2.24) is 5.43 Å². The molecule has 3 aromatic rings. The molecular weight excluding hydrogens is 500 g/mol. The van der Waals surface area contributed by atoms with Crippen LogP contribution in [0, 0.1) is 0 Å². The first-order chi connectivity index (χ1) is 14.1. The number of rotatable bonds is 8. The molecule has 0 bridgehead atoms. The zero-order valence-corrected chi connectivity index (χ0v) is 18.5. The molecule has 29 heavy (non-hydrogen) atoms. The molecule has 0 aliphatic heterocycles. The summed E-state index contributed by atoms with van der Waals surface area (Å²) in [5.74, 6) is 0.908. The Bertz CT molecular complexity index is 994. The van der Waals surface area contributed by atoms with Crippen molar-refractivity contribution in [3.63, 3.8) is 0 Å². The Labute approximate surface area is 186 Å². The zero-order valence-electron chi connectivity index (χ0n) is 15.3. The number of halogens is 2. The van der Waals surface area contributed by atoms with Crippen LogP contribution in [0.2, 0.25) is 0 Å². The Morgan fingerprint density at radius 3 is 2.52 bits per heavy atom. The third-order valence-corrected chi connectivity index (χ3v) is 4.75. The SMILES string of the molecule is O=C(COc1cccc(Br)c1)N/N=C/c1cc(Br)ccc1OCc1ccccc1. The zero-order chi connectivity index (χ0) is 20.5. The first-order valence-electron chi connectivity index (χ1n) is 8.77. The van der Waals surface area contributed by atoms with E-state index < -0.39 is 0 Å². The quantitative estimate of drug-likeness (QED) is 0.325. The van der Waals surface area contributed by atoms with Crippen LogP contribution in [0.3, 0.4) is 0 Å². The molecule has 7 heteroatoms. The van der Waals surface area contributed by atoms with Crippen LogP contribution < -0.4 is 14.9 Å². The number of nitrogens with one attached hydrogen (secondary N) is 1. The van der Waals surface area contributed by atoms with Crippen molar-refractivity contribution in [2.24, 2.45) is 5.10 Å². The lowest BCUT2D eigenvalue weighted by Gasteiger charge is -2.10. The highest BCUT2D eigenvalue weighted by atomic mass is 79.9. The molecule has 0 spiro atoms. The van der Waals surface area contributed by atoms with E-state index in [1.165, 1.54) is 0 Å². The standard InChI is InChI=1S/C22H18Br2N2O3/c23-18-7-4-8-20(12-18)28-15-22(27)26-25-13-17-11-19(24)9-10-21(17)29-14-16-5-2-1-3-6-16/h1-13H,14-15H2,(H,26,27)/b25-13+. The van der Waals surface area contributed by atoms with Crippen LogP contribution in [0.4, 0.5) is 0 Å².